The van der Waals surface area contributed by atoms with Crippen molar-refractivity contribution in [2.75, 3.05) is 5.32 Å². The second-order valence-corrected chi connectivity index (χ2v) is 7.98. The Bertz CT molecular complexity index is 1060. The maximum atomic E-state index is 13.0. The summed E-state index contributed by atoms with van der Waals surface area (Å²) in [7, 11) is 0. The summed E-state index contributed by atoms with van der Waals surface area (Å²) in [5, 5.41) is 5.88. The number of amides is 2. The van der Waals surface area contributed by atoms with Crippen molar-refractivity contribution in [1.29, 1.82) is 0 Å². The van der Waals surface area contributed by atoms with E-state index in [2.05, 4.69) is 16.7 Å². The number of hydrogen-bond donors (Lipinski definition) is 2. The molecule has 32 heavy (non-hydrogen) atoms. The van der Waals surface area contributed by atoms with Crippen molar-refractivity contribution in [3.8, 4) is 5.75 Å². The van der Waals surface area contributed by atoms with Crippen LogP contribution >= 0.6 is 0 Å². The normalized spacial score (nSPS) is 12.5. The Balaban J connectivity index is 1.72. The summed E-state index contributed by atoms with van der Waals surface area (Å²) in [6, 6.07) is 22.5. The van der Waals surface area contributed by atoms with Gasteiger partial charge in [-0.05, 0) is 68.1 Å². The standard InChI is InChI=1S/C27H30N2O3/c1-5-25(32-22-16-18(2)15-19(3)17-22)27(31)29-24-14-10-9-13-23(24)26(30)28-20(4)21-11-7-6-8-12-21/h6-17,20,25H,5H2,1-4H3,(H,28,30)(H,29,31)/t20-,25-/m0/s1. The molecule has 5 nitrogen and oxygen atoms in total. The smallest absolute Gasteiger partial charge is 0.265 e. The summed E-state index contributed by atoms with van der Waals surface area (Å²) in [5.74, 6) is 0.121. The molecule has 3 aromatic rings. The minimum atomic E-state index is -0.671. The van der Waals surface area contributed by atoms with Gasteiger partial charge >= 0.3 is 0 Å². The Morgan fingerprint density at radius 3 is 2.19 bits per heavy atom. The quantitative estimate of drug-likeness (QED) is 0.489. The monoisotopic (exact) mass is 430 g/mol. The first-order chi connectivity index (χ1) is 15.4. The maximum absolute atomic E-state index is 13.0. The van der Waals surface area contributed by atoms with Gasteiger partial charge in [-0.2, -0.15) is 0 Å². The number of aryl methyl sites for hydroxylation is 2. The molecule has 0 radical (unpaired) electrons. The van der Waals surface area contributed by atoms with Crippen molar-refractivity contribution in [3.05, 3.63) is 95.1 Å². The predicted molar refractivity (Wildman–Crippen MR) is 128 cm³/mol. The summed E-state index contributed by atoms with van der Waals surface area (Å²) < 4.78 is 5.97. The molecule has 0 spiro atoms. The molecule has 3 rings (SSSR count). The van der Waals surface area contributed by atoms with Crippen molar-refractivity contribution in [1.82, 2.24) is 5.32 Å². The van der Waals surface area contributed by atoms with E-state index in [0.717, 1.165) is 16.7 Å². The van der Waals surface area contributed by atoms with Gasteiger partial charge in [-0.15, -0.1) is 0 Å². The van der Waals surface area contributed by atoms with E-state index >= 15 is 0 Å². The molecule has 2 amide bonds. The van der Waals surface area contributed by atoms with Crippen LogP contribution in [0.3, 0.4) is 0 Å². The third kappa shape index (κ3) is 5.97. The van der Waals surface area contributed by atoms with E-state index in [0.29, 0.717) is 23.4 Å². The van der Waals surface area contributed by atoms with E-state index in [4.69, 9.17) is 4.74 Å². The molecule has 0 saturated carbocycles. The zero-order valence-electron chi connectivity index (χ0n) is 19.0. The van der Waals surface area contributed by atoms with E-state index in [1.54, 1.807) is 24.3 Å². The fourth-order valence-electron chi connectivity index (χ4n) is 3.59. The van der Waals surface area contributed by atoms with Crippen LogP contribution < -0.4 is 15.4 Å². The number of nitrogens with one attached hydrogen (secondary N) is 2. The SMILES string of the molecule is CC[C@H](Oc1cc(C)cc(C)c1)C(=O)Nc1ccccc1C(=O)N[C@@H](C)c1ccccc1. The minimum Gasteiger partial charge on any atom is -0.481 e. The molecule has 3 aromatic carbocycles. The molecule has 0 fully saturated rings. The van der Waals surface area contributed by atoms with Crippen molar-refractivity contribution in [2.45, 2.75) is 46.3 Å². The van der Waals surface area contributed by atoms with Crippen molar-refractivity contribution in [2.24, 2.45) is 0 Å². The van der Waals surface area contributed by atoms with Gasteiger partial charge in [0, 0.05) is 0 Å². The fourth-order valence-corrected chi connectivity index (χ4v) is 3.59. The minimum absolute atomic E-state index is 0.163. The van der Waals surface area contributed by atoms with Crippen LogP contribution in [-0.4, -0.2) is 17.9 Å². The summed E-state index contributed by atoms with van der Waals surface area (Å²) >= 11 is 0. The Hall–Kier alpha value is -3.60. The summed E-state index contributed by atoms with van der Waals surface area (Å²) in [6.45, 7) is 7.81. The molecule has 0 bridgehead atoms. The van der Waals surface area contributed by atoms with E-state index in [1.807, 2.05) is 70.2 Å². The van der Waals surface area contributed by atoms with Crippen LogP contribution in [0.1, 0.15) is 53.4 Å². The Labute approximate surface area is 189 Å². The van der Waals surface area contributed by atoms with Crippen LogP contribution in [0.25, 0.3) is 0 Å². The number of carbonyl (C=O) groups is 2. The highest BCUT2D eigenvalue weighted by molar-refractivity contribution is 6.04. The van der Waals surface area contributed by atoms with Crippen molar-refractivity contribution >= 4 is 17.5 Å². The van der Waals surface area contributed by atoms with Gasteiger partial charge < -0.3 is 15.4 Å². The molecule has 0 heterocycles. The second-order valence-electron chi connectivity index (χ2n) is 7.98. The van der Waals surface area contributed by atoms with Crippen LogP contribution in [0, 0.1) is 13.8 Å². The van der Waals surface area contributed by atoms with Crippen molar-refractivity contribution in [3.63, 3.8) is 0 Å². The first-order valence-corrected chi connectivity index (χ1v) is 10.9. The van der Waals surface area contributed by atoms with Crippen LogP contribution in [-0.2, 0) is 4.79 Å². The molecule has 0 saturated heterocycles. The molecule has 2 N–H and O–H groups in total. The lowest BCUT2D eigenvalue weighted by atomic mass is 10.1. The number of hydrogen-bond acceptors (Lipinski definition) is 3. The average molecular weight is 431 g/mol. The number of benzene rings is 3. The third-order valence-electron chi connectivity index (χ3n) is 5.21. The molecule has 166 valence electrons. The molecule has 0 aromatic heterocycles. The van der Waals surface area contributed by atoms with Crippen LogP contribution in [0.2, 0.25) is 0 Å². The van der Waals surface area contributed by atoms with Crippen molar-refractivity contribution < 1.29 is 14.3 Å². The molecular weight excluding hydrogens is 400 g/mol. The summed E-state index contributed by atoms with van der Waals surface area (Å²) in [4.78, 5) is 25.9. The highest BCUT2D eigenvalue weighted by Gasteiger charge is 2.22. The van der Waals surface area contributed by atoms with E-state index in [-0.39, 0.29) is 17.9 Å². The Morgan fingerprint density at radius 1 is 0.906 bits per heavy atom. The lowest BCUT2D eigenvalue weighted by Crippen LogP contribution is -2.34. The zero-order valence-corrected chi connectivity index (χ0v) is 19.0. The highest BCUT2D eigenvalue weighted by Crippen LogP contribution is 2.21. The largest absolute Gasteiger partial charge is 0.481 e. The van der Waals surface area contributed by atoms with Gasteiger partial charge in [0.15, 0.2) is 6.10 Å². The number of anilines is 1. The van der Waals surface area contributed by atoms with Gasteiger partial charge in [-0.1, -0.05) is 55.5 Å². The third-order valence-corrected chi connectivity index (χ3v) is 5.21. The van der Waals surface area contributed by atoms with Gasteiger partial charge in [0.1, 0.15) is 5.75 Å². The predicted octanol–water partition coefficient (Wildman–Crippen LogP) is 5.59. The number of ether oxygens (including phenoxy) is 1. The lowest BCUT2D eigenvalue weighted by molar-refractivity contribution is -0.122. The highest BCUT2D eigenvalue weighted by atomic mass is 16.5. The topological polar surface area (TPSA) is 67.4 Å². The Kier molecular flexibility index (Phi) is 7.66. The lowest BCUT2D eigenvalue weighted by Gasteiger charge is -2.20. The molecular formula is C27H30N2O3. The van der Waals surface area contributed by atoms with Gasteiger partial charge in [-0.25, -0.2) is 0 Å². The van der Waals surface area contributed by atoms with Crippen LogP contribution in [0.4, 0.5) is 5.69 Å². The van der Waals surface area contributed by atoms with E-state index in [9.17, 15) is 9.59 Å². The zero-order chi connectivity index (χ0) is 23.1. The maximum Gasteiger partial charge on any atom is 0.265 e. The summed E-state index contributed by atoms with van der Waals surface area (Å²) in [5.41, 5.74) is 4.02. The Morgan fingerprint density at radius 2 is 1.53 bits per heavy atom. The molecule has 0 unspecified atom stereocenters. The van der Waals surface area contributed by atoms with E-state index in [1.165, 1.54) is 0 Å². The number of para-hydroxylation sites is 1. The van der Waals surface area contributed by atoms with Crippen LogP contribution in [0.5, 0.6) is 5.75 Å². The molecule has 0 aliphatic heterocycles. The van der Waals surface area contributed by atoms with Gasteiger partial charge in [-0.3, -0.25) is 9.59 Å². The molecule has 0 aliphatic carbocycles. The molecule has 0 aliphatic rings. The fraction of sp³-hybridized carbons (Fsp3) is 0.259. The van der Waals surface area contributed by atoms with Gasteiger partial charge in [0.2, 0.25) is 0 Å². The first-order valence-electron chi connectivity index (χ1n) is 10.9. The summed E-state index contributed by atoms with van der Waals surface area (Å²) in [6.07, 6.45) is -0.173. The van der Waals surface area contributed by atoms with Gasteiger partial charge in [0.05, 0.1) is 17.3 Å². The average Bonchev–Trinajstić information content (AvgIpc) is 2.77. The molecule has 5 heteroatoms. The van der Waals surface area contributed by atoms with Gasteiger partial charge in [0.25, 0.3) is 11.8 Å². The second kappa shape index (κ2) is 10.6. The van der Waals surface area contributed by atoms with E-state index < -0.39 is 6.10 Å². The first kappa shape index (κ1) is 23.1. The number of carbonyl (C=O) groups excluding carboxylic acids is 2. The van der Waals surface area contributed by atoms with Crippen LogP contribution in [0.15, 0.2) is 72.8 Å². The number of rotatable bonds is 8. The molecule has 2 atom stereocenters.